The van der Waals surface area contributed by atoms with Gasteiger partial charge in [0.1, 0.15) is 17.4 Å². The Labute approximate surface area is 135 Å². The molecule has 0 spiro atoms. The van der Waals surface area contributed by atoms with Crippen LogP contribution in [0.3, 0.4) is 0 Å². The van der Waals surface area contributed by atoms with Crippen LogP contribution in [-0.2, 0) is 16.6 Å². The highest BCUT2D eigenvalue weighted by molar-refractivity contribution is 7.84. The SMILES string of the molecule is O=S(CCCOc1ccc(F)cc1)Cc1ccc(F)cc1Cl. The minimum absolute atomic E-state index is 0.287. The van der Waals surface area contributed by atoms with Gasteiger partial charge in [-0.2, -0.15) is 0 Å². The smallest absolute Gasteiger partial charge is 0.124 e. The second kappa shape index (κ2) is 8.25. The molecule has 0 fully saturated rings. The normalized spacial score (nSPS) is 12.1. The summed E-state index contributed by atoms with van der Waals surface area (Å²) in [6.07, 6.45) is 0.600. The standard InChI is InChI=1S/C16H15ClF2O2S/c17-16-10-14(19)3-2-12(16)11-22(20)9-1-8-21-15-6-4-13(18)5-7-15/h2-7,10H,1,8-9,11H2. The van der Waals surface area contributed by atoms with E-state index in [9.17, 15) is 13.0 Å². The van der Waals surface area contributed by atoms with Crippen molar-refractivity contribution in [1.82, 2.24) is 0 Å². The van der Waals surface area contributed by atoms with Crippen LogP contribution in [0.2, 0.25) is 5.02 Å². The van der Waals surface area contributed by atoms with Gasteiger partial charge in [0.25, 0.3) is 0 Å². The molecule has 0 aromatic heterocycles. The Morgan fingerprint density at radius 2 is 1.73 bits per heavy atom. The zero-order chi connectivity index (χ0) is 15.9. The van der Waals surface area contributed by atoms with Crippen molar-refractivity contribution in [2.24, 2.45) is 0 Å². The fraction of sp³-hybridized carbons (Fsp3) is 0.250. The summed E-state index contributed by atoms with van der Waals surface area (Å²) in [5, 5.41) is 0.288. The predicted octanol–water partition coefficient (Wildman–Crippen LogP) is 4.34. The van der Waals surface area contributed by atoms with E-state index in [0.29, 0.717) is 30.1 Å². The Bertz CT molecular complexity index is 647. The highest BCUT2D eigenvalue weighted by Gasteiger charge is 2.07. The van der Waals surface area contributed by atoms with Gasteiger partial charge in [0, 0.05) is 27.3 Å². The second-order valence-corrected chi connectivity index (χ2v) is 6.66. The summed E-state index contributed by atoms with van der Waals surface area (Å²) in [7, 11) is -1.10. The van der Waals surface area contributed by atoms with Crippen molar-refractivity contribution < 1.29 is 17.7 Å². The molecule has 0 saturated carbocycles. The van der Waals surface area contributed by atoms with E-state index in [4.69, 9.17) is 16.3 Å². The van der Waals surface area contributed by atoms with Crippen LogP contribution in [0.4, 0.5) is 8.78 Å². The van der Waals surface area contributed by atoms with Crippen LogP contribution in [0.25, 0.3) is 0 Å². The number of hydrogen-bond acceptors (Lipinski definition) is 2. The first-order chi connectivity index (χ1) is 10.5. The van der Waals surface area contributed by atoms with Crippen molar-refractivity contribution in [1.29, 1.82) is 0 Å². The number of rotatable bonds is 7. The molecule has 0 saturated heterocycles. The molecule has 0 radical (unpaired) electrons. The summed E-state index contributed by atoms with van der Waals surface area (Å²) >= 11 is 5.90. The van der Waals surface area contributed by atoms with E-state index in [2.05, 4.69) is 0 Å². The number of halogens is 3. The van der Waals surface area contributed by atoms with Gasteiger partial charge in [-0.1, -0.05) is 17.7 Å². The van der Waals surface area contributed by atoms with Crippen LogP contribution in [0.15, 0.2) is 42.5 Å². The van der Waals surface area contributed by atoms with Gasteiger partial charge in [-0.3, -0.25) is 4.21 Å². The quantitative estimate of drug-likeness (QED) is 0.698. The third-order valence-electron chi connectivity index (χ3n) is 2.93. The molecule has 0 amide bonds. The van der Waals surface area contributed by atoms with Crippen molar-refractivity contribution in [3.8, 4) is 5.75 Å². The maximum atomic E-state index is 12.9. The van der Waals surface area contributed by atoms with Crippen molar-refractivity contribution in [3.05, 3.63) is 64.7 Å². The first kappa shape index (κ1) is 16.9. The lowest BCUT2D eigenvalue weighted by Gasteiger charge is -2.07. The Morgan fingerprint density at radius 1 is 1.05 bits per heavy atom. The van der Waals surface area contributed by atoms with E-state index in [1.807, 2.05) is 0 Å². The number of ether oxygens (including phenoxy) is 1. The van der Waals surface area contributed by atoms with Crippen LogP contribution in [0.5, 0.6) is 5.75 Å². The molecule has 1 unspecified atom stereocenters. The van der Waals surface area contributed by atoms with E-state index in [1.54, 1.807) is 18.2 Å². The third kappa shape index (κ3) is 5.39. The maximum Gasteiger partial charge on any atom is 0.124 e. The zero-order valence-corrected chi connectivity index (χ0v) is 13.3. The van der Waals surface area contributed by atoms with Gasteiger partial charge in [0.2, 0.25) is 0 Å². The lowest BCUT2D eigenvalue weighted by Crippen LogP contribution is -2.06. The Balaban J connectivity index is 1.72. The van der Waals surface area contributed by atoms with Crippen molar-refractivity contribution in [2.45, 2.75) is 12.2 Å². The highest BCUT2D eigenvalue weighted by atomic mass is 35.5. The van der Waals surface area contributed by atoms with Crippen molar-refractivity contribution in [3.63, 3.8) is 0 Å². The largest absolute Gasteiger partial charge is 0.494 e. The van der Waals surface area contributed by atoms with E-state index in [0.717, 1.165) is 0 Å². The summed E-state index contributed by atoms with van der Waals surface area (Å²) < 4.78 is 43.0. The molecule has 0 aliphatic rings. The molecule has 2 nitrogen and oxygen atoms in total. The molecule has 2 aromatic carbocycles. The number of benzene rings is 2. The monoisotopic (exact) mass is 344 g/mol. The molecule has 0 aliphatic carbocycles. The van der Waals surface area contributed by atoms with E-state index in [-0.39, 0.29) is 16.6 Å². The summed E-state index contributed by atoms with van der Waals surface area (Å²) in [6, 6.07) is 9.80. The predicted molar refractivity (Wildman–Crippen MR) is 84.6 cm³/mol. The van der Waals surface area contributed by atoms with Gasteiger partial charge in [-0.15, -0.1) is 0 Å². The van der Waals surface area contributed by atoms with E-state index >= 15 is 0 Å². The molecule has 22 heavy (non-hydrogen) atoms. The third-order valence-corrected chi connectivity index (χ3v) is 4.66. The van der Waals surface area contributed by atoms with Crippen molar-refractivity contribution in [2.75, 3.05) is 12.4 Å². The lowest BCUT2D eigenvalue weighted by molar-refractivity contribution is 0.318. The van der Waals surface area contributed by atoms with Gasteiger partial charge in [0.05, 0.1) is 6.61 Å². The molecule has 0 heterocycles. The Kier molecular flexibility index (Phi) is 6.34. The van der Waals surface area contributed by atoms with Crippen LogP contribution in [-0.4, -0.2) is 16.6 Å². The van der Waals surface area contributed by atoms with Crippen LogP contribution >= 0.6 is 11.6 Å². The average molecular weight is 345 g/mol. The van der Waals surface area contributed by atoms with Gasteiger partial charge in [-0.05, 0) is 48.4 Å². The summed E-state index contributed by atoms with van der Waals surface area (Å²) in [5.74, 6) is 0.593. The minimum atomic E-state index is -1.10. The molecule has 0 N–H and O–H groups in total. The molecular weight excluding hydrogens is 330 g/mol. The van der Waals surface area contributed by atoms with Gasteiger partial charge < -0.3 is 4.74 Å². The van der Waals surface area contributed by atoms with Gasteiger partial charge >= 0.3 is 0 Å². The Hall–Kier alpha value is -1.46. The average Bonchev–Trinajstić information content (AvgIpc) is 2.48. The van der Waals surface area contributed by atoms with E-state index < -0.39 is 16.6 Å². The summed E-state index contributed by atoms with van der Waals surface area (Å²) in [4.78, 5) is 0. The molecule has 6 heteroatoms. The maximum absolute atomic E-state index is 12.9. The lowest BCUT2D eigenvalue weighted by atomic mass is 10.2. The first-order valence-electron chi connectivity index (χ1n) is 6.72. The van der Waals surface area contributed by atoms with Crippen LogP contribution < -0.4 is 4.74 Å². The van der Waals surface area contributed by atoms with Gasteiger partial charge in [-0.25, -0.2) is 8.78 Å². The van der Waals surface area contributed by atoms with E-state index in [1.165, 1.54) is 24.3 Å². The first-order valence-corrected chi connectivity index (χ1v) is 8.58. The molecule has 1 atom stereocenters. The molecule has 2 rings (SSSR count). The minimum Gasteiger partial charge on any atom is -0.494 e. The molecule has 2 aromatic rings. The summed E-state index contributed by atoms with van der Waals surface area (Å²) in [6.45, 7) is 0.397. The zero-order valence-electron chi connectivity index (χ0n) is 11.7. The highest BCUT2D eigenvalue weighted by Crippen LogP contribution is 2.19. The second-order valence-electron chi connectivity index (χ2n) is 4.68. The molecular formula is C16H15ClF2O2S. The van der Waals surface area contributed by atoms with Crippen LogP contribution in [0, 0.1) is 11.6 Å². The topological polar surface area (TPSA) is 26.3 Å². The molecule has 118 valence electrons. The molecule has 0 bridgehead atoms. The number of hydrogen-bond donors (Lipinski definition) is 0. The van der Waals surface area contributed by atoms with Gasteiger partial charge in [0.15, 0.2) is 0 Å². The summed E-state index contributed by atoms with van der Waals surface area (Å²) in [5.41, 5.74) is 0.667. The molecule has 0 aliphatic heterocycles. The van der Waals surface area contributed by atoms with Crippen LogP contribution in [0.1, 0.15) is 12.0 Å². The Morgan fingerprint density at radius 3 is 2.41 bits per heavy atom. The fourth-order valence-electron chi connectivity index (χ4n) is 1.83. The fourth-order valence-corrected chi connectivity index (χ4v) is 3.32. The van der Waals surface area contributed by atoms with Crippen molar-refractivity contribution >= 4 is 22.4 Å².